The van der Waals surface area contributed by atoms with Gasteiger partial charge in [0.05, 0.1) is 25.3 Å². The van der Waals surface area contributed by atoms with E-state index in [-0.39, 0.29) is 18.6 Å². The van der Waals surface area contributed by atoms with Gasteiger partial charge in [-0.05, 0) is 30.5 Å². The molecule has 9 heteroatoms. The zero-order chi connectivity index (χ0) is 14.7. The average molecular weight is 290 g/mol. The predicted molar refractivity (Wildman–Crippen MR) is 72.9 cm³/mol. The van der Waals surface area contributed by atoms with E-state index in [2.05, 4.69) is 30.9 Å². The molecule has 2 aromatic heterocycles. The van der Waals surface area contributed by atoms with Crippen molar-refractivity contribution < 1.29 is 4.79 Å². The number of urea groups is 1. The van der Waals surface area contributed by atoms with Gasteiger partial charge in [-0.3, -0.25) is 5.10 Å². The first-order chi connectivity index (χ1) is 10.2. The summed E-state index contributed by atoms with van der Waals surface area (Å²) in [5.74, 6) is 0.501. The SMILES string of the molecule is Cn1nnc(CNC(=O)N2CCCCC2c2ccn[nH]2)n1. The lowest BCUT2D eigenvalue weighted by Crippen LogP contribution is -2.44. The van der Waals surface area contributed by atoms with Crippen molar-refractivity contribution in [1.29, 1.82) is 0 Å². The van der Waals surface area contributed by atoms with Gasteiger partial charge in [-0.2, -0.15) is 9.90 Å². The van der Waals surface area contributed by atoms with Crippen LogP contribution >= 0.6 is 0 Å². The lowest BCUT2D eigenvalue weighted by atomic mass is 10.00. The summed E-state index contributed by atoms with van der Waals surface area (Å²) >= 11 is 0. The van der Waals surface area contributed by atoms with Crippen LogP contribution < -0.4 is 5.32 Å². The molecule has 9 nitrogen and oxygen atoms in total. The van der Waals surface area contributed by atoms with Crippen molar-refractivity contribution in [2.45, 2.75) is 31.8 Å². The van der Waals surface area contributed by atoms with E-state index in [1.807, 2.05) is 11.0 Å². The van der Waals surface area contributed by atoms with Gasteiger partial charge in [-0.25, -0.2) is 4.79 Å². The van der Waals surface area contributed by atoms with Gasteiger partial charge in [0.1, 0.15) is 0 Å². The van der Waals surface area contributed by atoms with Crippen molar-refractivity contribution >= 4 is 6.03 Å². The van der Waals surface area contributed by atoms with Gasteiger partial charge in [0.25, 0.3) is 0 Å². The second-order valence-electron chi connectivity index (χ2n) is 5.07. The van der Waals surface area contributed by atoms with Gasteiger partial charge in [0.15, 0.2) is 5.82 Å². The van der Waals surface area contributed by atoms with Crippen LogP contribution in [0.15, 0.2) is 12.3 Å². The summed E-state index contributed by atoms with van der Waals surface area (Å²) in [6, 6.07) is 1.86. The van der Waals surface area contributed by atoms with Crippen LogP contribution in [-0.4, -0.2) is 47.9 Å². The maximum atomic E-state index is 12.4. The Balaban J connectivity index is 1.64. The van der Waals surface area contributed by atoms with Crippen LogP contribution in [0.1, 0.15) is 36.8 Å². The maximum absolute atomic E-state index is 12.4. The Morgan fingerprint density at radius 1 is 1.52 bits per heavy atom. The summed E-state index contributed by atoms with van der Waals surface area (Å²) in [5, 5.41) is 21.4. The number of aromatic amines is 1. The Kier molecular flexibility index (Phi) is 3.80. The predicted octanol–water partition coefficient (Wildman–Crippen LogP) is 0.370. The molecule has 1 aliphatic heterocycles. The number of hydrogen-bond acceptors (Lipinski definition) is 5. The van der Waals surface area contributed by atoms with Crippen molar-refractivity contribution in [3.63, 3.8) is 0 Å². The molecule has 3 heterocycles. The summed E-state index contributed by atoms with van der Waals surface area (Å²) in [6.07, 6.45) is 4.78. The van der Waals surface area contributed by atoms with Crippen molar-refractivity contribution in [2.75, 3.05) is 6.54 Å². The fraction of sp³-hybridized carbons (Fsp3) is 0.583. The van der Waals surface area contributed by atoms with E-state index in [9.17, 15) is 4.79 Å². The fourth-order valence-electron chi connectivity index (χ4n) is 2.60. The Morgan fingerprint density at radius 2 is 2.43 bits per heavy atom. The van der Waals surface area contributed by atoms with Crippen molar-refractivity contribution in [2.24, 2.45) is 7.05 Å². The number of carbonyl (C=O) groups excluding carboxylic acids is 1. The smallest absolute Gasteiger partial charge is 0.318 e. The third-order valence-electron chi connectivity index (χ3n) is 3.59. The van der Waals surface area contributed by atoms with Crippen LogP contribution in [0.2, 0.25) is 0 Å². The molecule has 3 rings (SSSR count). The number of nitrogens with zero attached hydrogens (tertiary/aromatic N) is 6. The highest BCUT2D eigenvalue weighted by atomic mass is 16.2. The number of aryl methyl sites for hydroxylation is 1. The molecular formula is C12H18N8O. The minimum atomic E-state index is -0.109. The zero-order valence-electron chi connectivity index (χ0n) is 11.9. The van der Waals surface area contributed by atoms with Crippen molar-refractivity contribution in [3.8, 4) is 0 Å². The van der Waals surface area contributed by atoms with Crippen LogP contribution in [0.3, 0.4) is 0 Å². The number of amides is 2. The molecule has 2 aromatic rings. The average Bonchev–Trinajstić information content (AvgIpc) is 3.16. The third kappa shape index (κ3) is 3.01. The van der Waals surface area contributed by atoms with Gasteiger partial charge in [-0.15, -0.1) is 10.2 Å². The summed E-state index contributed by atoms with van der Waals surface area (Å²) in [7, 11) is 1.69. The van der Waals surface area contributed by atoms with E-state index < -0.39 is 0 Å². The van der Waals surface area contributed by atoms with Crippen LogP contribution in [0, 0.1) is 0 Å². The minimum Gasteiger partial charge on any atom is -0.331 e. The molecule has 1 aliphatic rings. The van der Waals surface area contributed by atoms with E-state index in [0.29, 0.717) is 5.82 Å². The van der Waals surface area contributed by atoms with E-state index in [0.717, 1.165) is 31.5 Å². The largest absolute Gasteiger partial charge is 0.331 e. The van der Waals surface area contributed by atoms with E-state index in [1.54, 1.807) is 13.2 Å². The molecule has 2 amide bonds. The first kappa shape index (κ1) is 13.5. The number of likely N-dealkylation sites (tertiary alicyclic amines) is 1. The molecule has 0 aliphatic carbocycles. The first-order valence-electron chi connectivity index (χ1n) is 7.00. The van der Waals surface area contributed by atoms with Gasteiger partial charge < -0.3 is 10.2 Å². The van der Waals surface area contributed by atoms with Crippen molar-refractivity contribution in [3.05, 3.63) is 23.8 Å². The zero-order valence-corrected chi connectivity index (χ0v) is 11.9. The number of carbonyl (C=O) groups is 1. The molecule has 0 radical (unpaired) electrons. The number of aromatic nitrogens is 6. The lowest BCUT2D eigenvalue weighted by molar-refractivity contribution is 0.149. The number of piperidine rings is 1. The lowest BCUT2D eigenvalue weighted by Gasteiger charge is -2.34. The molecule has 1 saturated heterocycles. The van der Waals surface area contributed by atoms with E-state index >= 15 is 0 Å². The van der Waals surface area contributed by atoms with Gasteiger partial charge >= 0.3 is 6.03 Å². The molecule has 1 atom stereocenters. The highest BCUT2D eigenvalue weighted by molar-refractivity contribution is 5.74. The minimum absolute atomic E-state index is 0.0519. The van der Waals surface area contributed by atoms with E-state index in [1.165, 1.54) is 4.80 Å². The second kappa shape index (κ2) is 5.90. The summed E-state index contributed by atoms with van der Waals surface area (Å²) in [6.45, 7) is 1.02. The number of tetrazole rings is 1. The normalized spacial score (nSPS) is 18.7. The molecule has 1 fully saturated rings. The molecular weight excluding hydrogens is 272 g/mol. The highest BCUT2D eigenvalue weighted by Gasteiger charge is 2.28. The van der Waals surface area contributed by atoms with Crippen LogP contribution in [0.5, 0.6) is 0 Å². The van der Waals surface area contributed by atoms with Crippen molar-refractivity contribution in [1.82, 2.24) is 40.6 Å². The number of hydrogen-bond donors (Lipinski definition) is 2. The monoisotopic (exact) mass is 290 g/mol. The standard InChI is InChI=1S/C12H18N8O/c1-19-17-11(16-18-19)8-13-12(21)20-7-3-2-4-10(20)9-5-6-14-15-9/h5-6,10H,2-4,7-8H2,1H3,(H,13,21)(H,14,15). The van der Waals surface area contributed by atoms with Gasteiger partial charge in [0, 0.05) is 12.7 Å². The summed E-state index contributed by atoms with van der Waals surface area (Å²) in [5.41, 5.74) is 0.975. The molecule has 21 heavy (non-hydrogen) atoms. The van der Waals surface area contributed by atoms with Crippen LogP contribution in [0.25, 0.3) is 0 Å². The number of H-pyrrole nitrogens is 1. The third-order valence-corrected chi connectivity index (χ3v) is 3.59. The molecule has 0 aromatic carbocycles. The Bertz CT molecular complexity index is 592. The second-order valence-corrected chi connectivity index (χ2v) is 5.07. The molecule has 0 spiro atoms. The quantitative estimate of drug-likeness (QED) is 0.849. The topological polar surface area (TPSA) is 105 Å². The molecule has 0 saturated carbocycles. The Labute approximate surface area is 121 Å². The number of rotatable bonds is 3. The summed E-state index contributed by atoms with van der Waals surface area (Å²) in [4.78, 5) is 15.6. The molecule has 2 N–H and O–H groups in total. The summed E-state index contributed by atoms with van der Waals surface area (Å²) < 4.78 is 0. The highest BCUT2D eigenvalue weighted by Crippen LogP contribution is 2.29. The molecule has 112 valence electrons. The maximum Gasteiger partial charge on any atom is 0.318 e. The van der Waals surface area contributed by atoms with Gasteiger partial charge in [-0.1, -0.05) is 0 Å². The Hall–Kier alpha value is -2.45. The number of nitrogens with one attached hydrogen (secondary N) is 2. The van der Waals surface area contributed by atoms with Crippen LogP contribution in [0.4, 0.5) is 4.79 Å². The van der Waals surface area contributed by atoms with Gasteiger partial charge in [0.2, 0.25) is 0 Å². The first-order valence-corrected chi connectivity index (χ1v) is 7.00. The van der Waals surface area contributed by atoms with E-state index in [4.69, 9.17) is 0 Å². The Morgan fingerprint density at radius 3 is 3.14 bits per heavy atom. The fourth-order valence-corrected chi connectivity index (χ4v) is 2.60. The van der Waals surface area contributed by atoms with Crippen LogP contribution in [-0.2, 0) is 13.6 Å². The molecule has 1 unspecified atom stereocenters. The molecule has 0 bridgehead atoms.